The van der Waals surface area contributed by atoms with Crippen molar-refractivity contribution in [2.75, 3.05) is 11.8 Å². The molecule has 0 aliphatic heterocycles. The number of nitro benzene ring substituents is 1. The van der Waals surface area contributed by atoms with E-state index >= 15 is 4.39 Å². The summed E-state index contributed by atoms with van der Waals surface area (Å²) < 4.78 is 52.6. The van der Waals surface area contributed by atoms with E-state index in [1.807, 2.05) is 0 Å². The summed E-state index contributed by atoms with van der Waals surface area (Å²) in [6.07, 6.45) is 0. The summed E-state index contributed by atoms with van der Waals surface area (Å²) in [5, 5.41) is 11.5. The molecule has 0 radical (unpaired) electrons. The van der Waals surface area contributed by atoms with Crippen LogP contribution in [-0.2, 0) is 10.0 Å². The Bertz CT molecular complexity index is 1140. The highest BCUT2D eigenvalue weighted by molar-refractivity contribution is 7.92. The number of nitro groups is 1. The van der Waals surface area contributed by atoms with Crippen molar-refractivity contribution in [3.8, 4) is 17.1 Å². The average molecular weight is 406 g/mol. The third-order valence-electron chi connectivity index (χ3n) is 3.89. The molecule has 0 fully saturated rings. The number of rotatable bonds is 6. The van der Waals surface area contributed by atoms with Crippen LogP contribution < -0.4 is 9.46 Å². The number of nitrogens with zero attached hydrogens (tertiary/aromatic N) is 1. The summed E-state index contributed by atoms with van der Waals surface area (Å²) in [6, 6.07) is 11.1. The van der Waals surface area contributed by atoms with E-state index < -0.39 is 43.5 Å². The number of aryl methyl sites for hydroxylation is 1. The fraction of sp³-hybridized carbons (Fsp3) is 0.111. The molecule has 0 aliphatic rings. The van der Waals surface area contributed by atoms with Crippen molar-refractivity contribution in [3.05, 3.63) is 70.2 Å². The van der Waals surface area contributed by atoms with Gasteiger partial charge in [0.25, 0.3) is 15.7 Å². The molecule has 1 aromatic heterocycles. The summed E-state index contributed by atoms with van der Waals surface area (Å²) in [6.45, 7) is 1.60. The molecule has 28 heavy (non-hydrogen) atoms. The maximum atomic E-state index is 15.1. The van der Waals surface area contributed by atoms with Crippen LogP contribution in [0.3, 0.4) is 0 Å². The minimum Gasteiger partial charge on any atom is -0.492 e. The third-order valence-corrected chi connectivity index (χ3v) is 5.27. The van der Waals surface area contributed by atoms with Crippen LogP contribution in [-0.4, -0.2) is 20.5 Å². The molecule has 146 valence electrons. The highest BCUT2D eigenvalue weighted by Crippen LogP contribution is 2.43. The number of furan rings is 1. The molecule has 3 rings (SSSR count). The third kappa shape index (κ3) is 3.54. The van der Waals surface area contributed by atoms with Crippen LogP contribution in [0, 0.1) is 22.9 Å². The summed E-state index contributed by atoms with van der Waals surface area (Å²) in [5.41, 5.74) is -1.50. The quantitative estimate of drug-likeness (QED) is 0.487. The van der Waals surface area contributed by atoms with Crippen LogP contribution in [0.4, 0.5) is 15.8 Å². The molecule has 0 amide bonds. The van der Waals surface area contributed by atoms with Crippen LogP contribution in [0.25, 0.3) is 11.3 Å². The number of anilines is 1. The highest BCUT2D eigenvalue weighted by Gasteiger charge is 2.30. The maximum absolute atomic E-state index is 15.1. The van der Waals surface area contributed by atoms with Gasteiger partial charge >= 0.3 is 0 Å². The Hall–Kier alpha value is -3.40. The van der Waals surface area contributed by atoms with Gasteiger partial charge in [0, 0.05) is 6.07 Å². The van der Waals surface area contributed by atoms with Crippen molar-refractivity contribution in [2.45, 2.75) is 11.8 Å². The van der Waals surface area contributed by atoms with E-state index in [4.69, 9.17) is 9.15 Å². The van der Waals surface area contributed by atoms with Crippen molar-refractivity contribution in [1.82, 2.24) is 0 Å². The fourth-order valence-electron chi connectivity index (χ4n) is 2.64. The summed E-state index contributed by atoms with van der Waals surface area (Å²) in [5.74, 6) is -1.25. The molecule has 0 bridgehead atoms. The number of ether oxygens (including phenoxy) is 1. The normalized spacial score (nSPS) is 11.2. The second-order valence-corrected chi connectivity index (χ2v) is 7.43. The highest BCUT2D eigenvalue weighted by atomic mass is 32.2. The lowest BCUT2D eigenvalue weighted by atomic mass is 10.1. The molecule has 2 aromatic carbocycles. The Kier molecular flexibility index (Phi) is 5.06. The summed E-state index contributed by atoms with van der Waals surface area (Å²) in [7, 11) is -2.99. The predicted octanol–water partition coefficient (Wildman–Crippen LogP) is 4.11. The summed E-state index contributed by atoms with van der Waals surface area (Å²) in [4.78, 5) is 10.6. The first-order chi connectivity index (χ1) is 13.2. The monoisotopic (exact) mass is 406 g/mol. The standard InChI is InChI=1S/C18H15FN2O6S/c1-11-8-9-15(27-11)16-14(21(22)23)10-13(18(26-2)17(16)19)20-28(24,25)12-6-4-3-5-7-12/h3-10,20H,1-2H3. The molecule has 1 N–H and O–H groups in total. The van der Waals surface area contributed by atoms with E-state index in [0.29, 0.717) is 5.76 Å². The van der Waals surface area contributed by atoms with Crippen molar-refractivity contribution in [2.24, 2.45) is 0 Å². The first-order valence-electron chi connectivity index (χ1n) is 7.94. The molecule has 10 heteroatoms. The minimum atomic E-state index is -4.12. The molecule has 0 unspecified atom stereocenters. The van der Waals surface area contributed by atoms with Crippen molar-refractivity contribution in [3.63, 3.8) is 0 Å². The van der Waals surface area contributed by atoms with Crippen molar-refractivity contribution >= 4 is 21.4 Å². The number of nitrogens with one attached hydrogen (secondary N) is 1. The van der Waals surface area contributed by atoms with Crippen molar-refractivity contribution in [1.29, 1.82) is 0 Å². The number of sulfonamides is 1. The number of hydrogen-bond donors (Lipinski definition) is 1. The molecular formula is C18H15FN2O6S. The van der Waals surface area contributed by atoms with Gasteiger partial charge in [-0.3, -0.25) is 14.8 Å². The zero-order chi connectivity index (χ0) is 20.5. The smallest absolute Gasteiger partial charge is 0.285 e. The lowest BCUT2D eigenvalue weighted by molar-refractivity contribution is -0.384. The maximum Gasteiger partial charge on any atom is 0.285 e. The number of halogens is 1. The molecular weight excluding hydrogens is 391 g/mol. The van der Waals surface area contributed by atoms with Crippen LogP contribution in [0.1, 0.15) is 5.76 Å². The van der Waals surface area contributed by atoms with Crippen LogP contribution in [0.5, 0.6) is 5.75 Å². The predicted molar refractivity (Wildman–Crippen MR) is 99.3 cm³/mol. The Morgan fingerprint density at radius 3 is 2.39 bits per heavy atom. The van der Waals surface area contributed by atoms with Crippen LogP contribution in [0.15, 0.2) is 57.8 Å². The van der Waals surface area contributed by atoms with Gasteiger partial charge in [-0.15, -0.1) is 0 Å². The molecule has 0 saturated heterocycles. The van der Waals surface area contributed by atoms with E-state index in [9.17, 15) is 18.5 Å². The van der Waals surface area contributed by atoms with E-state index in [-0.39, 0.29) is 10.7 Å². The van der Waals surface area contributed by atoms with E-state index in [2.05, 4.69) is 4.72 Å². The Balaban J connectivity index is 2.19. The molecule has 0 atom stereocenters. The van der Waals surface area contributed by atoms with Crippen LogP contribution >= 0.6 is 0 Å². The van der Waals surface area contributed by atoms with E-state index in [0.717, 1.165) is 13.2 Å². The zero-order valence-electron chi connectivity index (χ0n) is 14.8. The van der Waals surface area contributed by atoms with E-state index in [1.165, 1.54) is 36.4 Å². The SMILES string of the molecule is COc1c(NS(=O)(=O)c2ccccc2)cc([N+](=O)[O-])c(-c2ccc(C)o2)c1F. The van der Waals surface area contributed by atoms with Gasteiger partial charge in [0.2, 0.25) is 0 Å². The molecule has 0 spiro atoms. The van der Waals surface area contributed by atoms with Gasteiger partial charge in [0.15, 0.2) is 11.6 Å². The average Bonchev–Trinajstić information content (AvgIpc) is 3.07. The van der Waals surface area contributed by atoms with Gasteiger partial charge < -0.3 is 9.15 Å². The minimum absolute atomic E-state index is 0.0718. The lowest BCUT2D eigenvalue weighted by Gasteiger charge is -2.14. The van der Waals surface area contributed by atoms with Crippen LogP contribution in [0.2, 0.25) is 0 Å². The Morgan fingerprint density at radius 2 is 1.86 bits per heavy atom. The van der Waals surface area contributed by atoms with Gasteiger partial charge in [-0.25, -0.2) is 12.8 Å². The first-order valence-corrected chi connectivity index (χ1v) is 9.42. The first kappa shape index (κ1) is 19.4. The second kappa shape index (κ2) is 7.31. The summed E-state index contributed by atoms with van der Waals surface area (Å²) >= 11 is 0. The molecule has 0 aliphatic carbocycles. The fourth-order valence-corrected chi connectivity index (χ4v) is 3.72. The van der Waals surface area contributed by atoms with Gasteiger partial charge in [-0.05, 0) is 31.2 Å². The van der Waals surface area contributed by atoms with Gasteiger partial charge in [0.1, 0.15) is 22.8 Å². The topological polar surface area (TPSA) is 112 Å². The molecule has 0 saturated carbocycles. The number of hydrogen-bond acceptors (Lipinski definition) is 6. The second-order valence-electron chi connectivity index (χ2n) is 5.75. The lowest BCUT2D eigenvalue weighted by Crippen LogP contribution is -2.14. The Morgan fingerprint density at radius 1 is 1.18 bits per heavy atom. The molecule has 3 aromatic rings. The Labute approximate surface area is 159 Å². The zero-order valence-corrected chi connectivity index (χ0v) is 15.6. The number of benzene rings is 2. The van der Waals surface area contributed by atoms with Gasteiger partial charge in [-0.1, -0.05) is 18.2 Å². The van der Waals surface area contributed by atoms with E-state index in [1.54, 1.807) is 13.0 Å². The van der Waals surface area contributed by atoms with Crippen molar-refractivity contribution < 1.29 is 26.9 Å². The molecule has 8 nitrogen and oxygen atoms in total. The van der Waals surface area contributed by atoms with Gasteiger partial charge in [0.05, 0.1) is 16.9 Å². The number of methoxy groups -OCH3 is 1. The van der Waals surface area contributed by atoms with Gasteiger partial charge in [-0.2, -0.15) is 0 Å². The largest absolute Gasteiger partial charge is 0.492 e. The molecule has 1 heterocycles.